The number of carbonyl (C=O) groups excluding carboxylic acids is 4. The maximum absolute atomic E-state index is 13.6. The van der Waals surface area contributed by atoms with E-state index in [9.17, 15) is 29.4 Å². The lowest BCUT2D eigenvalue weighted by Crippen LogP contribution is -2.31. The van der Waals surface area contributed by atoms with E-state index in [4.69, 9.17) is 28.4 Å². The predicted octanol–water partition coefficient (Wildman–Crippen LogP) is 2.91. The first-order valence-electron chi connectivity index (χ1n) is 12.1. The summed E-state index contributed by atoms with van der Waals surface area (Å²) in [5.41, 5.74) is -0.345. The summed E-state index contributed by atoms with van der Waals surface area (Å²) in [6.45, 7) is -0.0553. The van der Waals surface area contributed by atoms with Crippen molar-refractivity contribution < 1.29 is 57.8 Å². The van der Waals surface area contributed by atoms with E-state index in [1.165, 1.54) is 12.1 Å². The number of Topliss-reactive ketones (excluding diaryl/α,β-unsaturated/α-hetero) is 2. The van der Waals surface area contributed by atoms with E-state index < -0.39 is 70.8 Å². The van der Waals surface area contributed by atoms with E-state index >= 15 is 0 Å². The van der Waals surface area contributed by atoms with Crippen LogP contribution in [0.15, 0.2) is 59.1 Å². The Morgan fingerprint density at radius 3 is 1.45 bits per heavy atom. The summed E-state index contributed by atoms with van der Waals surface area (Å²) in [5, 5.41) is 22.3. The van der Waals surface area contributed by atoms with Gasteiger partial charge >= 0.3 is 11.9 Å². The molecule has 2 heterocycles. The lowest BCUT2D eigenvalue weighted by Gasteiger charge is -2.27. The lowest BCUT2D eigenvalue weighted by molar-refractivity contribution is -0.142. The fourth-order valence-corrected chi connectivity index (χ4v) is 4.89. The fourth-order valence-electron chi connectivity index (χ4n) is 4.89. The zero-order chi connectivity index (χ0) is 28.6. The molecule has 0 unspecified atom stereocenters. The van der Waals surface area contributed by atoms with Crippen molar-refractivity contribution in [3.63, 3.8) is 0 Å². The minimum atomic E-state index is -1.19. The van der Waals surface area contributed by atoms with Crippen LogP contribution in [0.25, 0.3) is 0 Å². The smallest absolute Gasteiger partial charge is 0.306 e. The lowest BCUT2D eigenvalue weighted by atomic mass is 9.76. The van der Waals surface area contributed by atoms with Crippen molar-refractivity contribution >= 4 is 23.5 Å². The van der Waals surface area contributed by atoms with E-state index in [0.29, 0.717) is 34.1 Å². The Hall–Kier alpha value is -5.00. The summed E-state index contributed by atoms with van der Waals surface area (Å²) in [4.78, 5) is 51.9. The Morgan fingerprint density at radius 2 is 1.07 bits per heavy atom. The van der Waals surface area contributed by atoms with E-state index in [0.717, 1.165) is 14.2 Å². The monoisotopic (exact) mass is 552 g/mol. The summed E-state index contributed by atoms with van der Waals surface area (Å²) in [7, 11) is 2.30. The standard InChI is InChI=1S/C28H24O12/c1-35-21(29)9-15(13-3-5-17-19(7-13)39-11-37-17)23-25(31)27(33)24(28(34)26(23)32)16(10-22(30)36-2)14-4-6-18-20(8-14)40-12-38-18/h3-8,15-16,31,34H,9-12H2,1-2H3/t15-,16+. The number of hydrogen-bond acceptors (Lipinski definition) is 12. The van der Waals surface area contributed by atoms with Crippen molar-refractivity contribution in [2.75, 3.05) is 27.8 Å². The van der Waals surface area contributed by atoms with E-state index in [1.54, 1.807) is 24.3 Å². The van der Waals surface area contributed by atoms with Gasteiger partial charge in [-0.3, -0.25) is 19.2 Å². The number of aliphatic hydroxyl groups excluding tert-OH is 2. The molecule has 0 saturated carbocycles. The van der Waals surface area contributed by atoms with E-state index in [1.807, 2.05) is 0 Å². The molecule has 2 atom stereocenters. The molecule has 0 bridgehead atoms. The number of ketones is 2. The Balaban J connectivity index is 1.59. The molecule has 0 fully saturated rings. The molecule has 12 nitrogen and oxygen atoms in total. The van der Waals surface area contributed by atoms with Crippen LogP contribution in [0.4, 0.5) is 0 Å². The number of hydrogen-bond donors (Lipinski definition) is 2. The van der Waals surface area contributed by atoms with Crippen LogP contribution in [-0.2, 0) is 28.7 Å². The molecule has 0 aromatic heterocycles. The highest BCUT2D eigenvalue weighted by molar-refractivity contribution is 6.24. The molecule has 3 aliphatic rings. The van der Waals surface area contributed by atoms with Gasteiger partial charge in [0.25, 0.3) is 0 Å². The van der Waals surface area contributed by atoms with Gasteiger partial charge in [-0.1, -0.05) is 12.1 Å². The molecule has 2 N–H and O–H groups in total. The molecule has 208 valence electrons. The number of carbonyl (C=O) groups is 4. The molecule has 12 heteroatoms. The average Bonchev–Trinajstić information content (AvgIpc) is 3.63. The van der Waals surface area contributed by atoms with Gasteiger partial charge in [0.05, 0.1) is 38.2 Å². The fraction of sp³-hybridized carbons (Fsp3) is 0.286. The molecule has 0 amide bonds. The third-order valence-corrected chi connectivity index (χ3v) is 6.92. The van der Waals surface area contributed by atoms with Crippen LogP contribution in [0.3, 0.4) is 0 Å². The van der Waals surface area contributed by atoms with E-state index in [-0.39, 0.29) is 13.6 Å². The first-order chi connectivity index (χ1) is 19.2. The van der Waals surface area contributed by atoms with Crippen molar-refractivity contribution in [1.82, 2.24) is 0 Å². The number of fused-ring (bicyclic) bond motifs is 2. The van der Waals surface area contributed by atoms with Gasteiger partial charge < -0.3 is 38.6 Å². The number of rotatable bonds is 8. The number of methoxy groups -OCH3 is 2. The highest BCUT2D eigenvalue weighted by Gasteiger charge is 2.43. The van der Waals surface area contributed by atoms with Gasteiger partial charge in [0.2, 0.25) is 25.2 Å². The molecule has 0 saturated heterocycles. The van der Waals surface area contributed by atoms with Gasteiger partial charge in [0.1, 0.15) is 0 Å². The maximum Gasteiger partial charge on any atom is 0.306 e. The Morgan fingerprint density at radius 1 is 0.700 bits per heavy atom. The Labute approximate surface area is 227 Å². The van der Waals surface area contributed by atoms with Crippen molar-refractivity contribution in [3.8, 4) is 23.0 Å². The summed E-state index contributed by atoms with van der Waals surface area (Å²) >= 11 is 0. The predicted molar refractivity (Wildman–Crippen MR) is 133 cm³/mol. The van der Waals surface area contributed by atoms with Gasteiger partial charge in [0.15, 0.2) is 34.5 Å². The summed E-state index contributed by atoms with van der Waals surface area (Å²) in [5.74, 6) is -6.43. The first kappa shape index (κ1) is 26.6. The SMILES string of the molecule is COC(=O)C[C@H](C1=C(O)C(=O)C([C@H](CC(=O)OC)c2ccc3c(c2)OCO3)=C(O)C1=O)c1ccc2c(c1)OCO2. The summed E-state index contributed by atoms with van der Waals surface area (Å²) in [6.07, 6.45) is -0.879. The van der Waals surface area contributed by atoms with Gasteiger partial charge in [-0.05, 0) is 35.4 Å². The highest BCUT2D eigenvalue weighted by atomic mass is 16.7. The normalized spacial score (nSPS) is 17.1. The first-order valence-corrected chi connectivity index (χ1v) is 12.1. The van der Waals surface area contributed by atoms with Crippen LogP contribution < -0.4 is 18.9 Å². The number of benzene rings is 2. The average molecular weight is 552 g/mol. The number of aliphatic hydroxyl groups is 2. The third kappa shape index (κ3) is 4.68. The molecule has 1 aliphatic carbocycles. The van der Waals surface area contributed by atoms with Crippen LogP contribution in [-0.4, -0.2) is 61.5 Å². The minimum absolute atomic E-state index is 0.0276. The molecular formula is C28H24O12. The topological polar surface area (TPSA) is 164 Å². The van der Waals surface area contributed by atoms with Crippen molar-refractivity contribution in [2.24, 2.45) is 0 Å². The second kappa shape index (κ2) is 10.6. The molecular weight excluding hydrogens is 528 g/mol. The molecule has 2 aliphatic heterocycles. The molecule has 2 aromatic rings. The maximum atomic E-state index is 13.6. The zero-order valence-corrected chi connectivity index (χ0v) is 21.4. The number of allylic oxidation sites excluding steroid dienone is 2. The quantitative estimate of drug-likeness (QED) is 0.364. The second-order valence-corrected chi connectivity index (χ2v) is 9.07. The van der Waals surface area contributed by atoms with Crippen molar-refractivity contribution in [1.29, 1.82) is 0 Å². The molecule has 40 heavy (non-hydrogen) atoms. The highest BCUT2D eigenvalue weighted by Crippen LogP contribution is 2.44. The minimum Gasteiger partial charge on any atom is -0.504 e. The molecule has 5 rings (SSSR count). The number of esters is 2. The van der Waals surface area contributed by atoms with Gasteiger partial charge in [0, 0.05) is 11.8 Å². The second-order valence-electron chi connectivity index (χ2n) is 9.07. The van der Waals surface area contributed by atoms with Gasteiger partial charge in [-0.25, -0.2) is 0 Å². The van der Waals surface area contributed by atoms with Crippen LogP contribution >= 0.6 is 0 Å². The molecule has 0 radical (unpaired) electrons. The summed E-state index contributed by atoms with van der Waals surface area (Å²) < 4.78 is 31.0. The van der Waals surface area contributed by atoms with Crippen LogP contribution in [0, 0.1) is 0 Å². The van der Waals surface area contributed by atoms with Crippen LogP contribution in [0.2, 0.25) is 0 Å². The van der Waals surface area contributed by atoms with Crippen LogP contribution in [0.5, 0.6) is 23.0 Å². The van der Waals surface area contributed by atoms with E-state index in [2.05, 4.69) is 0 Å². The van der Waals surface area contributed by atoms with Crippen LogP contribution in [0.1, 0.15) is 35.8 Å². The Bertz CT molecular complexity index is 1370. The third-order valence-electron chi connectivity index (χ3n) is 6.92. The van der Waals surface area contributed by atoms with Crippen molar-refractivity contribution in [2.45, 2.75) is 24.7 Å². The zero-order valence-electron chi connectivity index (χ0n) is 21.4. The van der Waals surface area contributed by atoms with Gasteiger partial charge in [-0.15, -0.1) is 0 Å². The molecule has 0 spiro atoms. The summed E-state index contributed by atoms with van der Waals surface area (Å²) in [6, 6.07) is 9.22. The largest absolute Gasteiger partial charge is 0.504 e. The Kier molecular flexibility index (Phi) is 7.07. The number of ether oxygens (including phenoxy) is 6. The molecule has 2 aromatic carbocycles. The van der Waals surface area contributed by atoms with Gasteiger partial charge in [-0.2, -0.15) is 0 Å². The van der Waals surface area contributed by atoms with Crippen molar-refractivity contribution in [3.05, 3.63) is 70.2 Å².